The molecule has 1 unspecified atom stereocenters. The number of hydrogen-bond acceptors (Lipinski definition) is 5. The lowest BCUT2D eigenvalue weighted by molar-refractivity contribution is -0.141. The summed E-state index contributed by atoms with van der Waals surface area (Å²) in [6.45, 7) is 7.53. The molecule has 3 aliphatic heterocycles. The summed E-state index contributed by atoms with van der Waals surface area (Å²) in [4.78, 5) is 21.5. The van der Waals surface area contributed by atoms with E-state index in [1.165, 1.54) is 12.8 Å². The second kappa shape index (κ2) is 7.27. The maximum Gasteiger partial charge on any atom is 0.222 e. The molecule has 0 aliphatic carbocycles. The zero-order valence-electron chi connectivity index (χ0n) is 16.1. The quantitative estimate of drug-likeness (QED) is 0.813. The van der Waals surface area contributed by atoms with Gasteiger partial charge >= 0.3 is 0 Å². The van der Waals surface area contributed by atoms with Gasteiger partial charge in [0, 0.05) is 33.2 Å². The summed E-state index contributed by atoms with van der Waals surface area (Å²) >= 11 is 0. The molecule has 1 spiro atoms. The topological polar surface area (TPSA) is 63.5 Å². The third-order valence-corrected chi connectivity index (χ3v) is 6.44. The van der Waals surface area contributed by atoms with Crippen molar-refractivity contribution in [2.45, 2.75) is 58.1 Å². The van der Waals surface area contributed by atoms with Crippen LogP contribution in [0.3, 0.4) is 0 Å². The van der Waals surface area contributed by atoms with Gasteiger partial charge < -0.3 is 9.64 Å². The minimum Gasteiger partial charge on any atom is -0.376 e. The summed E-state index contributed by atoms with van der Waals surface area (Å²) in [5, 5.41) is 4.35. The highest BCUT2D eigenvalue weighted by molar-refractivity contribution is 5.77. The Morgan fingerprint density at radius 1 is 1.27 bits per heavy atom. The van der Waals surface area contributed by atoms with E-state index in [1.54, 1.807) is 0 Å². The van der Waals surface area contributed by atoms with Gasteiger partial charge in [-0.1, -0.05) is 0 Å². The molecule has 0 bridgehead atoms. The average molecular weight is 361 g/mol. The van der Waals surface area contributed by atoms with Crippen LogP contribution in [0.15, 0.2) is 0 Å². The first-order valence-corrected chi connectivity index (χ1v) is 10.0. The maximum absolute atomic E-state index is 12.4. The SMILES string of the molecule is Cc1nc(CN2CCC3(CCC(=O)N(CC4CCCO4)C3)CC2)n(C)n1. The molecule has 0 aromatic carbocycles. The number of rotatable bonds is 4. The van der Waals surface area contributed by atoms with E-state index in [0.29, 0.717) is 17.7 Å². The molecule has 4 rings (SSSR count). The van der Waals surface area contributed by atoms with Gasteiger partial charge in [0.25, 0.3) is 0 Å². The number of likely N-dealkylation sites (tertiary alicyclic amines) is 2. The van der Waals surface area contributed by atoms with E-state index < -0.39 is 0 Å². The van der Waals surface area contributed by atoms with Gasteiger partial charge in [-0.2, -0.15) is 5.10 Å². The van der Waals surface area contributed by atoms with E-state index in [-0.39, 0.29) is 6.10 Å². The molecular weight excluding hydrogens is 330 g/mol. The van der Waals surface area contributed by atoms with Crippen LogP contribution in [0.2, 0.25) is 0 Å². The van der Waals surface area contributed by atoms with E-state index in [2.05, 4.69) is 19.9 Å². The van der Waals surface area contributed by atoms with Crippen molar-refractivity contribution < 1.29 is 9.53 Å². The molecule has 3 saturated heterocycles. The molecule has 3 fully saturated rings. The van der Waals surface area contributed by atoms with Gasteiger partial charge in [-0.05, 0) is 57.5 Å². The molecule has 0 N–H and O–H groups in total. The second-order valence-electron chi connectivity index (χ2n) is 8.38. The summed E-state index contributed by atoms with van der Waals surface area (Å²) in [6.07, 6.45) is 6.57. The molecular formula is C19H31N5O2. The lowest BCUT2D eigenvalue weighted by atomic mass is 9.72. The third-order valence-electron chi connectivity index (χ3n) is 6.44. The molecule has 3 aliphatic rings. The van der Waals surface area contributed by atoms with Gasteiger partial charge in [-0.15, -0.1) is 0 Å². The van der Waals surface area contributed by atoms with Crippen molar-refractivity contribution in [1.29, 1.82) is 0 Å². The molecule has 144 valence electrons. The van der Waals surface area contributed by atoms with Crippen LogP contribution in [0.5, 0.6) is 0 Å². The Bertz CT molecular complexity index is 644. The van der Waals surface area contributed by atoms with Gasteiger partial charge in [0.1, 0.15) is 11.6 Å². The summed E-state index contributed by atoms with van der Waals surface area (Å²) in [5.41, 5.74) is 0.304. The van der Waals surface area contributed by atoms with E-state index in [4.69, 9.17) is 4.74 Å². The zero-order chi connectivity index (χ0) is 18.1. The van der Waals surface area contributed by atoms with Crippen LogP contribution in [0, 0.1) is 12.3 Å². The highest BCUT2D eigenvalue weighted by atomic mass is 16.5. The number of amides is 1. The molecule has 7 nitrogen and oxygen atoms in total. The largest absolute Gasteiger partial charge is 0.376 e. The Morgan fingerprint density at radius 2 is 2.08 bits per heavy atom. The first-order chi connectivity index (χ1) is 12.5. The average Bonchev–Trinajstić information content (AvgIpc) is 3.23. The van der Waals surface area contributed by atoms with Crippen LogP contribution in [0.25, 0.3) is 0 Å². The van der Waals surface area contributed by atoms with Crippen molar-refractivity contribution in [3.05, 3.63) is 11.6 Å². The molecule has 1 atom stereocenters. The minimum atomic E-state index is 0.258. The second-order valence-corrected chi connectivity index (χ2v) is 8.38. The minimum absolute atomic E-state index is 0.258. The van der Waals surface area contributed by atoms with Crippen molar-refractivity contribution in [3.8, 4) is 0 Å². The number of carbonyl (C=O) groups is 1. The van der Waals surface area contributed by atoms with Crippen LogP contribution < -0.4 is 0 Å². The monoisotopic (exact) mass is 361 g/mol. The summed E-state index contributed by atoms with van der Waals surface area (Å²) < 4.78 is 7.65. The van der Waals surface area contributed by atoms with E-state index in [0.717, 1.165) is 70.2 Å². The number of nitrogens with zero attached hydrogens (tertiary/aromatic N) is 5. The number of hydrogen-bond donors (Lipinski definition) is 0. The highest BCUT2D eigenvalue weighted by Crippen LogP contribution is 2.40. The lowest BCUT2D eigenvalue weighted by Crippen LogP contribution is -2.52. The summed E-state index contributed by atoms with van der Waals surface area (Å²) in [7, 11) is 1.97. The Labute approximate surface area is 155 Å². The Kier molecular flexibility index (Phi) is 5.01. The number of aromatic nitrogens is 3. The van der Waals surface area contributed by atoms with Crippen LogP contribution in [-0.4, -0.2) is 69.4 Å². The van der Waals surface area contributed by atoms with Gasteiger partial charge in [0.15, 0.2) is 0 Å². The number of carbonyl (C=O) groups excluding carboxylic acids is 1. The number of aryl methyl sites for hydroxylation is 2. The molecule has 0 radical (unpaired) electrons. The van der Waals surface area contributed by atoms with Gasteiger partial charge in [-0.25, -0.2) is 4.98 Å². The van der Waals surface area contributed by atoms with Crippen molar-refractivity contribution in [2.24, 2.45) is 12.5 Å². The van der Waals surface area contributed by atoms with Gasteiger partial charge in [0.2, 0.25) is 5.91 Å². The first-order valence-electron chi connectivity index (χ1n) is 10.0. The molecule has 0 saturated carbocycles. The summed E-state index contributed by atoms with van der Waals surface area (Å²) in [6, 6.07) is 0. The predicted molar refractivity (Wildman–Crippen MR) is 97.5 cm³/mol. The maximum atomic E-state index is 12.4. The fourth-order valence-electron chi connectivity index (χ4n) is 4.79. The van der Waals surface area contributed by atoms with Crippen molar-refractivity contribution in [1.82, 2.24) is 24.6 Å². The normalized spacial score (nSPS) is 26.8. The van der Waals surface area contributed by atoms with Crippen LogP contribution in [0.4, 0.5) is 0 Å². The van der Waals surface area contributed by atoms with E-state index >= 15 is 0 Å². The number of ether oxygens (including phenoxy) is 1. The van der Waals surface area contributed by atoms with Gasteiger partial charge in [0.05, 0.1) is 12.6 Å². The van der Waals surface area contributed by atoms with Crippen molar-refractivity contribution in [2.75, 3.05) is 32.8 Å². The third kappa shape index (κ3) is 3.78. The zero-order valence-corrected chi connectivity index (χ0v) is 16.1. The standard InChI is InChI=1S/C19H31N5O2/c1-15-20-17(22(2)21-15)13-23-9-7-19(8-10-23)6-5-18(25)24(14-19)12-16-4-3-11-26-16/h16H,3-14H2,1-2H3. The predicted octanol–water partition coefficient (Wildman–Crippen LogP) is 1.51. The Hall–Kier alpha value is -1.47. The fraction of sp³-hybridized carbons (Fsp3) is 0.842. The van der Waals surface area contributed by atoms with Gasteiger partial charge in [-0.3, -0.25) is 14.4 Å². The van der Waals surface area contributed by atoms with Crippen LogP contribution in [-0.2, 0) is 23.1 Å². The Balaban J connectivity index is 1.33. The van der Waals surface area contributed by atoms with E-state index in [9.17, 15) is 4.79 Å². The highest BCUT2D eigenvalue weighted by Gasteiger charge is 2.41. The molecule has 1 aromatic rings. The first kappa shape index (κ1) is 17.9. The molecule has 7 heteroatoms. The fourth-order valence-corrected chi connectivity index (χ4v) is 4.79. The van der Waals surface area contributed by atoms with Crippen molar-refractivity contribution in [3.63, 3.8) is 0 Å². The van der Waals surface area contributed by atoms with Crippen molar-refractivity contribution >= 4 is 5.91 Å². The van der Waals surface area contributed by atoms with Crippen LogP contribution in [0.1, 0.15) is 50.2 Å². The molecule has 1 aromatic heterocycles. The molecule has 26 heavy (non-hydrogen) atoms. The number of piperidine rings is 2. The smallest absolute Gasteiger partial charge is 0.222 e. The molecule has 1 amide bonds. The molecule has 4 heterocycles. The lowest BCUT2D eigenvalue weighted by Gasteiger charge is -2.47. The Morgan fingerprint density at radius 3 is 2.73 bits per heavy atom. The summed E-state index contributed by atoms with van der Waals surface area (Å²) in [5.74, 6) is 2.20. The van der Waals surface area contributed by atoms with Crippen LogP contribution >= 0.6 is 0 Å². The van der Waals surface area contributed by atoms with E-state index in [1.807, 2.05) is 18.7 Å².